The standard InChI is InChI=1S/C13H19N3O2S/c1-2-3-12(17)15-10-4-6-16(7-5-10)13(18)11-8-19-9-14-11/h8-10H,2-7H2,1H3,(H,15,17). The van der Waals surface area contributed by atoms with E-state index in [1.54, 1.807) is 10.9 Å². The van der Waals surface area contributed by atoms with Crippen molar-refractivity contribution in [2.45, 2.75) is 38.6 Å². The lowest BCUT2D eigenvalue weighted by atomic mass is 10.0. The molecule has 1 saturated heterocycles. The topological polar surface area (TPSA) is 62.3 Å². The zero-order valence-electron chi connectivity index (χ0n) is 11.1. The van der Waals surface area contributed by atoms with Crippen LogP contribution in [0.25, 0.3) is 0 Å². The predicted molar refractivity (Wildman–Crippen MR) is 74.1 cm³/mol. The first-order valence-corrected chi connectivity index (χ1v) is 7.61. The third kappa shape index (κ3) is 3.76. The number of nitrogens with one attached hydrogen (secondary N) is 1. The van der Waals surface area contributed by atoms with Gasteiger partial charge in [-0.25, -0.2) is 4.98 Å². The summed E-state index contributed by atoms with van der Waals surface area (Å²) in [4.78, 5) is 29.4. The second-order valence-electron chi connectivity index (χ2n) is 4.76. The molecule has 0 aliphatic carbocycles. The molecular weight excluding hydrogens is 262 g/mol. The Kier molecular flexibility index (Phi) is 4.90. The molecular formula is C13H19N3O2S. The third-order valence-corrected chi connectivity index (χ3v) is 3.86. The van der Waals surface area contributed by atoms with Crippen LogP contribution in [0.4, 0.5) is 0 Å². The first-order chi connectivity index (χ1) is 9.20. The van der Waals surface area contributed by atoms with Gasteiger partial charge in [-0.2, -0.15) is 0 Å². The number of amides is 2. The van der Waals surface area contributed by atoms with Crippen molar-refractivity contribution in [3.05, 3.63) is 16.6 Å². The molecule has 104 valence electrons. The Morgan fingerprint density at radius 1 is 1.47 bits per heavy atom. The highest BCUT2D eigenvalue weighted by atomic mass is 32.1. The first kappa shape index (κ1) is 14.0. The quantitative estimate of drug-likeness (QED) is 0.913. The summed E-state index contributed by atoms with van der Waals surface area (Å²) in [6.45, 7) is 3.37. The number of carbonyl (C=O) groups is 2. The lowest BCUT2D eigenvalue weighted by molar-refractivity contribution is -0.122. The molecule has 0 bridgehead atoms. The first-order valence-electron chi connectivity index (χ1n) is 6.67. The van der Waals surface area contributed by atoms with Gasteiger partial charge in [0.25, 0.3) is 5.91 Å². The summed E-state index contributed by atoms with van der Waals surface area (Å²) in [6.07, 6.45) is 3.10. The largest absolute Gasteiger partial charge is 0.353 e. The summed E-state index contributed by atoms with van der Waals surface area (Å²) in [7, 11) is 0. The summed E-state index contributed by atoms with van der Waals surface area (Å²) in [5.74, 6) is 0.117. The fourth-order valence-corrected chi connectivity index (χ4v) is 2.76. The normalized spacial score (nSPS) is 16.4. The van der Waals surface area contributed by atoms with Crippen molar-refractivity contribution >= 4 is 23.2 Å². The van der Waals surface area contributed by atoms with E-state index in [1.165, 1.54) is 11.3 Å². The van der Waals surface area contributed by atoms with Crippen molar-refractivity contribution in [3.8, 4) is 0 Å². The molecule has 0 unspecified atom stereocenters. The number of aromatic nitrogens is 1. The highest BCUT2D eigenvalue weighted by Crippen LogP contribution is 2.14. The summed E-state index contributed by atoms with van der Waals surface area (Å²) in [6, 6.07) is 0.207. The molecule has 1 fully saturated rings. The number of thiazole rings is 1. The van der Waals surface area contributed by atoms with E-state index >= 15 is 0 Å². The Morgan fingerprint density at radius 3 is 2.79 bits per heavy atom. The van der Waals surface area contributed by atoms with Gasteiger partial charge in [0.1, 0.15) is 5.69 Å². The molecule has 1 aliphatic heterocycles. The van der Waals surface area contributed by atoms with Gasteiger partial charge in [-0.3, -0.25) is 9.59 Å². The van der Waals surface area contributed by atoms with Crippen molar-refractivity contribution < 1.29 is 9.59 Å². The number of likely N-dealkylation sites (tertiary alicyclic amines) is 1. The fraction of sp³-hybridized carbons (Fsp3) is 0.615. The number of piperidine rings is 1. The highest BCUT2D eigenvalue weighted by molar-refractivity contribution is 7.07. The lowest BCUT2D eigenvalue weighted by Crippen LogP contribution is -2.46. The Hall–Kier alpha value is -1.43. The Labute approximate surface area is 117 Å². The molecule has 6 heteroatoms. The maximum Gasteiger partial charge on any atom is 0.273 e. The number of carbonyl (C=O) groups excluding carboxylic acids is 2. The van der Waals surface area contributed by atoms with Crippen molar-refractivity contribution in [1.82, 2.24) is 15.2 Å². The van der Waals surface area contributed by atoms with Crippen LogP contribution in [-0.4, -0.2) is 40.8 Å². The lowest BCUT2D eigenvalue weighted by Gasteiger charge is -2.32. The number of rotatable bonds is 4. The third-order valence-electron chi connectivity index (χ3n) is 3.28. The van der Waals surface area contributed by atoms with Crippen LogP contribution in [0.1, 0.15) is 43.1 Å². The second kappa shape index (κ2) is 6.65. The molecule has 0 spiro atoms. The van der Waals surface area contributed by atoms with Crippen LogP contribution < -0.4 is 5.32 Å². The molecule has 2 amide bonds. The Morgan fingerprint density at radius 2 is 2.21 bits per heavy atom. The SMILES string of the molecule is CCCC(=O)NC1CCN(C(=O)c2cscn2)CC1. The molecule has 0 radical (unpaired) electrons. The predicted octanol–water partition coefficient (Wildman–Crippen LogP) is 1.66. The monoisotopic (exact) mass is 281 g/mol. The van der Waals surface area contributed by atoms with Gasteiger partial charge in [0, 0.05) is 30.9 Å². The second-order valence-corrected chi connectivity index (χ2v) is 5.48. The van der Waals surface area contributed by atoms with E-state index < -0.39 is 0 Å². The van der Waals surface area contributed by atoms with Crippen LogP contribution >= 0.6 is 11.3 Å². The van der Waals surface area contributed by atoms with Crippen molar-refractivity contribution in [2.24, 2.45) is 0 Å². The van der Waals surface area contributed by atoms with Gasteiger partial charge >= 0.3 is 0 Å². The molecule has 5 nitrogen and oxygen atoms in total. The number of hydrogen-bond donors (Lipinski definition) is 1. The van der Waals surface area contributed by atoms with Crippen LogP contribution in [0, 0.1) is 0 Å². The molecule has 1 N–H and O–H groups in total. The average molecular weight is 281 g/mol. The minimum atomic E-state index is -0.000385. The highest BCUT2D eigenvalue weighted by Gasteiger charge is 2.25. The minimum absolute atomic E-state index is 0.000385. The van der Waals surface area contributed by atoms with E-state index in [2.05, 4.69) is 10.3 Å². The van der Waals surface area contributed by atoms with Crippen LogP contribution in [0.3, 0.4) is 0 Å². The Bertz CT molecular complexity index is 425. The van der Waals surface area contributed by atoms with Crippen molar-refractivity contribution in [3.63, 3.8) is 0 Å². The molecule has 2 rings (SSSR count). The van der Waals surface area contributed by atoms with Crippen LogP contribution in [0.5, 0.6) is 0 Å². The van der Waals surface area contributed by atoms with E-state index in [4.69, 9.17) is 0 Å². The van der Waals surface area contributed by atoms with E-state index in [1.807, 2.05) is 11.8 Å². The van der Waals surface area contributed by atoms with Gasteiger partial charge in [0.2, 0.25) is 5.91 Å². The van der Waals surface area contributed by atoms with Crippen LogP contribution in [-0.2, 0) is 4.79 Å². The Balaban J connectivity index is 1.79. The minimum Gasteiger partial charge on any atom is -0.353 e. The summed E-state index contributed by atoms with van der Waals surface area (Å²) in [5.41, 5.74) is 2.20. The van der Waals surface area contributed by atoms with E-state index in [-0.39, 0.29) is 17.9 Å². The maximum atomic E-state index is 12.1. The molecule has 1 aliphatic rings. The van der Waals surface area contributed by atoms with Crippen molar-refractivity contribution in [2.75, 3.05) is 13.1 Å². The van der Waals surface area contributed by atoms with Crippen LogP contribution in [0.15, 0.2) is 10.9 Å². The molecule has 0 saturated carbocycles. The van der Waals surface area contributed by atoms with Gasteiger partial charge in [0.05, 0.1) is 5.51 Å². The summed E-state index contributed by atoms with van der Waals surface area (Å²) in [5, 5.41) is 4.80. The van der Waals surface area contributed by atoms with Gasteiger partial charge in [0.15, 0.2) is 0 Å². The maximum absolute atomic E-state index is 12.1. The smallest absolute Gasteiger partial charge is 0.273 e. The molecule has 19 heavy (non-hydrogen) atoms. The molecule has 2 heterocycles. The number of hydrogen-bond acceptors (Lipinski definition) is 4. The van der Waals surface area contributed by atoms with E-state index in [9.17, 15) is 9.59 Å². The summed E-state index contributed by atoms with van der Waals surface area (Å²) < 4.78 is 0. The molecule has 1 aromatic heterocycles. The van der Waals surface area contributed by atoms with Crippen LogP contribution in [0.2, 0.25) is 0 Å². The van der Waals surface area contributed by atoms with Gasteiger partial charge in [-0.05, 0) is 19.3 Å². The molecule has 1 aromatic rings. The fourth-order valence-electron chi connectivity index (χ4n) is 2.23. The summed E-state index contributed by atoms with van der Waals surface area (Å²) >= 11 is 1.43. The van der Waals surface area contributed by atoms with E-state index in [0.717, 1.165) is 19.3 Å². The van der Waals surface area contributed by atoms with Gasteiger partial charge in [-0.1, -0.05) is 6.92 Å². The number of nitrogens with zero attached hydrogens (tertiary/aromatic N) is 2. The zero-order chi connectivity index (χ0) is 13.7. The zero-order valence-corrected chi connectivity index (χ0v) is 11.9. The van der Waals surface area contributed by atoms with Gasteiger partial charge in [-0.15, -0.1) is 11.3 Å². The molecule has 0 atom stereocenters. The van der Waals surface area contributed by atoms with Crippen molar-refractivity contribution in [1.29, 1.82) is 0 Å². The average Bonchev–Trinajstić information content (AvgIpc) is 2.93. The van der Waals surface area contributed by atoms with E-state index in [0.29, 0.717) is 25.2 Å². The van der Waals surface area contributed by atoms with Gasteiger partial charge < -0.3 is 10.2 Å². The molecule has 0 aromatic carbocycles.